The number of fused-ring (bicyclic) bond motifs is 1. The fraction of sp³-hybridized carbons (Fsp3) is 0.318. The third kappa shape index (κ3) is 4.01. The number of amides is 2. The first kappa shape index (κ1) is 20.2. The van der Waals surface area contributed by atoms with Gasteiger partial charge < -0.3 is 0 Å². The number of carbonyl (C=O) groups excluding carboxylic acids is 3. The van der Waals surface area contributed by atoms with Crippen molar-refractivity contribution in [1.29, 1.82) is 0 Å². The number of halogens is 1. The zero-order chi connectivity index (χ0) is 18.8. The van der Waals surface area contributed by atoms with Gasteiger partial charge in [-0.05, 0) is 44.0 Å². The quantitative estimate of drug-likeness (QED) is 0.572. The molecule has 5 nitrogen and oxygen atoms in total. The van der Waals surface area contributed by atoms with E-state index < -0.39 is 0 Å². The van der Waals surface area contributed by atoms with Gasteiger partial charge in [-0.1, -0.05) is 42.5 Å². The van der Waals surface area contributed by atoms with Crippen molar-refractivity contribution in [2.75, 3.05) is 26.2 Å². The van der Waals surface area contributed by atoms with Crippen molar-refractivity contribution in [1.82, 2.24) is 9.80 Å². The van der Waals surface area contributed by atoms with Gasteiger partial charge in [-0.2, -0.15) is 0 Å². The van der Waals surface area contributed by atoms with E-state index in [0.717, 1.165) is 31.5 Å². The van der Waals surface area contributed by atoms with Crippen molar-refractivity contribution in [3.63, 3.8) is 0 Å². The minimum Gasteiger partial charge on any atom is -0.296 e. The molecule has 2 aromatic rings. The van der Waals surface area contributed by atoms with Gasteiger partial charge in [0.1, 0.15) is 0 Å². The Kier molecular flexibility index (Phi) is 6.27. The Labute approximate surface area is 170 Å². The van der Waals surface area contributed by atoms with E-state index in [0.29, 0.717) is 24.2 Å². The highest BCUT2D eigenvalue weighted by Gasteiger charge is 2.36. The average molecular weight is 399 g/mol. The fourth-order valence-electron chi connectivity index (χ4n) is 3.91. The molecule has 146 valence electrons. The van der Waals surface area contributed by atoms with Gasteiger partial charge in [0.2, 0.25) is 0 Å². The van der Waals surface area contributed by atoms with Crippen LogP contribution in [0.15, 0.2) is 54.6 Å². The standard InChI is InChI=1S/C22H22N2O3.ClH/c25-20(17-6-2-1-3-7-17)15-23-12-10-16(11-13-23)14-24-21(26)18-8-4-5-9-19(18)22(24)27;/h1-9,16H,10-15H2;1H. The Morgan fingerprint density at radius 3 is 1.96 bits per heavy atom. The van der Waals surface area contributed by atoms with Crippen LogP contribution in [0.4, 0.5) is 0 Å². The maximum absolute atomic E-state index is 12.5. The van der Waals surface area contributed by atoms with Gasteiger partial charge in [-0.3, -0.25) is 24.2 Å². The van der Waals surface area contributed by atoms with Crippen molar-refractivity contribution in [3.05, 3.63) is 71.3 Å². The van der Waals surface area contributed by atoms with E-state index in [2.05, 4.69) is 4.90 Å². The van der Waals surface area contributed by atoms with Crippen molar-refractivity contribution >= 4 is 30.0 Å². The average Bonchev–Trinajstić information content (AvgIpc) is 2.95. The Morgan fingerprint density at radius 1 is 0.857 bits per heavy atom. The summed E-state index contributed by atoms with van der Waals surface area (Å²) < 4.78 is 0. The molecule has 0 atom stereocenters. The van der Waals surface area contributed by atoms with E-state index in [1.54, 1.807) is 24.3 Å². The van der Waals surface area contributed by atoms with Gasteiger partial charge in [-0.25, -0.2) is 0 Å². The van der Waals surface area contributed by atoms with Crippen LogP contribution < -0.4 is 0 Å². The molecular formula is C22H23ClN2O3. The molecule has 2 aliphatic heterocycles. The van der Waals surface area contributed by atoms with Crippen LogP contribution in [0.2, 0.25) is 0 Å². The van der Waals surface area contributed by atoms with E-state index >= 15 is 0 Å². The minimum absolute atomic E-state index is 0. The Hall–Kier alpha value is -2.50. The lowest BCUT2D eigenvalue weighted by Crippen LogP contribution is -2.42. The molecule has 0 saturated carbocycles. The first-order valence-electron chi connectivity index (χ1n) is 9.39. The number of likely N-dealkylation sites (tertiary alicyclic amines) is 1. The van der Waals surface area contributed by atoms with E-state index in [9.17, 15) is 14.4 Å². The summed E-state index contributed by atoms with van der Waals surface area (Å²) in [5.41, 5.74) is 1.76. The van der Waals surface area contributed by atoms with Gasteiger partial charge in [0.05, 0.1) is 17.7 Å². The molecule has 1 fully saturated rings. The molecule has 4 rings (SSSR count). The van der Waals surface area contributed by atoms with Crippen molar-refractivity contribution in [2.45, 2.75) is 12.8 Å². The first-order chi connectivity index (χ1) is 13.1. The third-order valence-electron chi connectivity index (χ3n) is 5.49. The zero-order valence-electron chi connectivity index (χ0n) is 15.5. The van der Waals surface area contributed by atoms with E-state index in [1.807, 2.05) is 30.3 Å². The molecule has 0 bridgehead atoms. The largest absolute Gasteiger partial charge is 0.296 e. The number of piperidine rings is 1. The van der Waals surface area contributed by atoms with E-state index in [4.69, 9.17) is 0 Å². The van der Waals surface area contributed by atoms with E-state index in [1.165, 1.54) is 4.90 Å². The van der Waals surface area contributed by atoms with Gasteiger partial charge in [-0.15, -0.1) is 12.4 Å². The summed E-state index contributed by atoms with van der Waals surface area (Å²) in [6.45, 7) is 2.51. The molecule has 28 heavy (non-hydrogen) atoms. The van der Waals surface area contributed by atoms with Gasteiger partial charge in [0, 0.05) is 12.1 Å². The molecule has 1 saturated heterocycles. The SMILES string of the molecule is Cl.O=C(CN1CCC(CN2C(=O)c3ccccc3C2=O)CC1)c1ccccc1. The number of carbonyl (C=O) groups is 3. The number of benzene rings is 2. The summed E-state index contributed by atoms with van der Waals surface area (Å²) in [5.74, 6) is 0.0549. The summed E-state index contributed by atoms with van der Waals surface area (Å²) in [4.78, 5) is 40.9. The van der Waals surface area contributed by atoms with Gasteiger partial charge in [0.15, 0.2) is 5.78 Å². The second-order valence-corrected chi connectivity index (χ2v) is 7.28. The number of ketones is 1. The van der Waals surface area contributed by atoms with Crippen LogP contribution in [0.1, 0.15) is 43.9 Å². The summed E-state index contributed by atoms with van der Waals surface area (Å²) in [5, 5.41) is 0. The predicted molar refractivity (Wildman–Crippen MR) is 109 cm³/mol. The normalized spacial score (nSPS) is 17.4. The number of rotatable bonds is 5. The number of nitrogens with zero attached hydrogens (tertiary/aromatic N) is 2. The molecule has 0 unspecified atom stereocenters. The lowest BCUT2D eigenvalue weighted by Gasteiger charge is -2.33. The molecule has 0 radical (unpaired) electrons. The number of hydrogen-bond donors (Lipinski definition) is 0. The van der Waals surface area contributed by atoms with Crippen LogP contribution in [-0.4, -0.2) is 53.6 Å². The van der Waals surface area contributed by atoms with Gasteiger partial charge in [0.25, 0.3) is 11.8 Å². The predicted octanol–water partition coefficient (Wildman–Crippen LogP) is 3.30. The van der Waals surface area contributed by atoms with Crippen molar-refractivity contribution in [2.24, 2.45) is 5.92 Å². The molecule has 0 spiro atoms. The molecule has 2 heterocycles. The highest BCUT2D eigenvalue weighted by molar-refractivity contribution is 6.21. The number of imide groups is 1. The molecule has 6 heteroatoms. The highest BCUT2D eigenvalue weighted by atomic mass is 35.5. The molecule has 2 aromatic carbocycles. The molecule has 0 N–H and O–H groups in total. The number of Topliss-reactive ketones (excluding diaryl/α,β-unsaturated/α-hetero) is 1. The second-order valence-electron chi connectivity index (χ2n) is 7.28. The van der Waals surface area contributed by atoms with Crippen LogP contribution >= 0.6 is 12.4 Å². The van der Waals surface area contributed by atoms with E-state index in [-0.39, 0.29) is 35.9 Å². The first-order valence-corrected chi connectivity index (χ1v) is 9.39. The van der Waals surface area contributed by atoms with Crippen LogP contribution in [0, 0.1) is 5.92 Å². The van der Waals surface area contributed by atoms with Crippen LogP contribution in [0.3, 0.4) is 0 Å². The van der Waals surface area contributed by atoms with Crippen molar-refractivity contribution in [3.8, 4) is 0 Å². The summed E-state index contributed by atoms with van der Waals surface area (Å²) in [6, 6.07) is 16.4. The van der Waals surface area contributed by atoms with Crippen LogP contribution in [0.5, 0.6) is 0 Å². The summed E-state index contributed by atoms with van der Waals surface area (Å²) in [6.07, 6.45) is 1.77. The Balaban J connectivity index is 0.00000225. The highest BCUT2D eigenvalue weighted by Crippen LogP contribution is 2.26. The number of hydrogen-bond acceptors (Lipinski definition) is 4. The topological polar surface area (TPSA) is 57.7 Å². The lowest BCUT2D eigenvalue weighted by atomic mass is 9.95. The zero-order valence-corrected chi connectivity index (χ0v) is 16.4. The van der Waals surface area contributed by atoms with Gasteiger partial charge >= 0.3 is 0 Å². The summed E-state index contributed by atoms with van der Waals surface area (Å²) in [7, 11) is 0. The maximum atomic E-state index is 12.5. The maximum Gasteiger partial charge on any atom is 0.261 e. The molecule has 0 aliphatic carbocycles. The molecule has 0 aromatic heterocycles. The monoisotopic (exact) mass is 398 g/mol. The molecular weight excluding hydrogens is 376 g/mol. The smallest absolute Gasteiger partial charge is 0.261 e. The lowest BCUT2D eigenvalue weighted by molar-refractivity contribution is 0.0598. The Morgan fingerprint density at radius 2 is 1.39 bits per heavy atom. The molecule has 2 aliphatic rings. The minimum atomic E-state index is -0.183. The van der Waals surface area contributed by atoms with Crippen molar-refractivity contribution < 1.29 is 14.4 Å². The molecule has 2 amide bonds. The third-order valence-corrected chi connectivity index (χ3v) is 5.49. The van der Waals surface area contributed by atoms with Crippen LogP contribution in [0.25, 0.3) is 0 Å². The Bertz CT molecular complexity index is 841. The summed E-state index contributed by atoms with van der Waals surface area (Å²) >= 11 is 0. The fourth-order valence-corrected chi connectivity index (χ4v) is 3.91. The second kappa shape index (κ2) is 8.67. The van der Waals surface area contributed by atoms with Crippen LogP contribution in [-0.2, 0) is 0 Å².